The van der Waals surface area contributed by atoms with E-state index in [0.29, 0.717) is 5.69 Å². The zero-order valence-corrected chi connectivity index (χ0v) is 14.4. The Bertz CT molecular complexity index is 895. The summed E-state index contributed by atoms with van der Waals surface area (Å²) in [6.45, 7) is 0. The van der Waals surface area contributed by atoms with Crippen LogP contribution in [0.2, 0.25) is 0 Å². The van der Waals surface area contributed by atoms with Crippen molar-refractivity contribution in [3.05, 3.63) is 59.6 Å². The first kappa shape index (κ1) is 16.9. The third-order valence-electron chi connectivity index (χ3n) is 3.83. The molecular formula is C18H17N3O3S. The van der Waals surface area contributed by atoms with Crippen LogP contribution >= 0.6 is 11.3 Å². The van der Waals surface area contributed by atoms with E-state index in [4.69, 9.17) is 10.5 Å². The summed E-state index contributed by atoms with van der Waals surface area (Å²) in [6, 6.07) is 14.9. The number of likely N-dealkylation sites (N-methyl/N-ethyl adjacent to an activating group) is 1. The number of rotatable bonds is 5. The van der Waals surface area contributed by atoms with Crippen molar-refractivity contribution in [3.63, 3.8) is 0 Å². The number of carbonyl (C=O) groups excluding carboxylic acids is 2. The number of aromatic nitrogens is 1. The van der Waals surface area contributed by atoms with Crippen LogP contribution < -0.4 is 10.6 Å². The molecule has 0 saturated heterocycles. The molecule has 1 heterocycles. The van der Waals surface area contributed by atoms with Crippen LogP contribution in [-0.2, 0) is 16.0 Å². The molecule has 0 bridgehead atoms. The first-order valence-corrected chi connectivity index (χ1v) is 8.53. The molecule has 0 saturated carbocycles. The van der Waals surface area contributed by atoms with Crippen molar-refractivity contribution in [1.82, 2.24) is 4.98 Å². The number of nitrogens with zero attached hydrogens (tertiary/aromatic N) is 2. The van der Waals surface area contributed by atoms with E-state index in [2.05, 4.69) is 4.98 Å². The minimum Gasteiger partial charge on any atom is -0.436 e. The lowest BCUT2D eigenvalue weighted by molar-refractivity contribution is -0.126. The molecule has 0 aliphatic carbocycles. The smallest absolute Gasteiger partial charge is 0.405 e. The summed E-state index contributed by atoms with van der Waals surface area (Å²) in [4.78, 5) is 29.8. The number of fused-ring (bicyclic) bond motifs is 1. The van der Waals surface area contributed by atoms with Gasteiger partial charge in [0.2, 0.25) is 0 Å². The maximum atomic E-state index is 12.8. The molecule has 25 heavy (non-hydrogen) atoms. The topological polar surface area (TPSA) is 85.5 Å². The second kappa shape index (κ2) is 7.31. The van der Waals surface area contributed by atoms with Gasteiger partial charge in [-0.25, -0.2) is 9.78 Å². The standard InChI is InChI=1S/C18H17N3O3S/c1-21(13-7-8-16-14(10-13)20-11-25-16)17(22)15(24-18(19)23)9-12-5-3-2-4-6-12/h2-8,10-11,15H,9H2,1H3,(H2,19,23). The van der Waals surface area contributed by atoms with E-state index in [-0.39, 0.29) is 12.3 Å². The molecule has 6 nitrogen and oxygen atoms in total. The summed E-state index contributed by atoms with van der Waals surface area (Å²) in [6.07, 6.45) is -1.71. The van der Waals surface area contributed by atoms with E-state index in [1.54, 1.807) is 12.6 Å². The zero-order chi connectivity index (χ0) is 17.8. The Morgan fingerprint density at radius 2 is 2.00 bits per heavy atom. The lowest BCUT2D eigenvalue weighted by atomic mass is 10.1. The number of thiazole rings is 1. The molecule has 1 aromatic heterocycles. The Labute approximate surface area is 148 Å². The first-order chi connectivity index (χ1) is 12.0. The number of anilines is 1. The number of amides is 2. The molecule has 1 atom stereocenters. The van der Waals surface area contributed by atoms with Gasteiger partial charge in [-0.2, -0.15) is 0 Å². The number of benzene rings is 2. The van der Waals surface area contributed by atoms with Crippen LogP contribution in [0, 0.1) is 0 Å². The van der Waals surface area contributed by atoms with E-state index in [9.17, 15) is 9.59 Å². The van der Waals surface area contributed by atoms with Gasteiger partial charge in [0.15, 0.2) is 6.10 Å². The molecule has 2 N–H and O–H groups in total. The first-order valence-electron chi connectivity index (χ1n) is 7.65. The number of ether oxygens (including phenoxy) is 1. The van der Waals surface area contributed by atoms with Crippen molar-refractivity contribution in [2.45, 2.75) is 12.5 Å². The summed E-state index contributed by atoms with van der Waals surface area (Å²) in [5.74, 6) is -0.350. The predicted molar refractivity (Wildman–Crippen MR) is 97.6 cm³/mol. The molecule has 2 amide bonds. The van der Waals surface area contributed by atoms with E-state index in [1.807, 2.05) is 48.5 Å². The van der Waals surface area contributed by atoms with Crippen LogP contribution in [0.15, 0.2) is 54.0 Å². The molecule has 0 aliphatic rings. The number of hydrogen-bond acceptors (Lipinski definition) is 5. The SMILES string of the molecule is CN(C(=O)C(Cc1ccccc1)OC(N)=O)c1ccc2scnc2c1. The van der Waals surface area contributed by atoms with Crippen molar-refractivity contribution < 1.29 is 14.3 Å². The maximum absolute atomic E-state index is 12.8. The summed E-state index contributed by atoms with van der Waals surface area (Å²) < 4.78 is 6.11. The highest BCUT2D eigenvalue weighted by atomic mass is 32.1. The van der Waals surface area contributed by atoms with Gasteiger partial charge in [0, 0.05) is 19.2 Å². The van der Waals surface area contributed by atoms with Crippen LogP contribution in [0.25, 0.3) is 10.2 Å². The molecule has 2 aromatic carbocycles. The summed E-state index contributed by atoms with van der Waals surface area (Å²) in [5, 5.41) is 0. The minimum absolute atomic E-state index is 0.256. The average molecular weight is 355 g/mol. The molecule has 7 heteroatoms. The van der Waals surface area contributed by atoms with Gasteiger partial charge >= 0.3 is 6.09 Å². The Kier molecular flexibility index (Phi) is 4.95. The van der Waals surface area contributed by atoms with Gasteiger partial charge in [-0.1, -0.05) is 30.3 Å². The highest BCUT2D eigenvalue weighted by Crippen LogP contribution is 2.24. The van der Waals surface area contributed by atoms with E-state index in [0.717, 1.165) is 15.8 Å². The normalized spacial score (nSPS) is 11.9. The van der Waals surface area contributed by atoms with Crippen molar-refractivity contribution >= 4 is 39.2 Å². The Balaban J connectivity index is 1.83. The monoisotopic (exact) mass is 355 g/mol. The molecule has 0 aliphatic heterocycles. The predicted octanol–water partition coefficient (Wildman–Crippen LogP) is 2.97. The Morgan fingerprint density at radius 3 is 2.72 bits per heavy atom. The van der Waals surface area contributed by atoms with Crippen molar-refractivity contribution in [2.24, 2.45) is 5.73 Å². The fourth-order valence-corrected chi connectivity index (χ4v) is 3.20. The largest absolute Gasteiger partial charge is 0.436 e. The van der Waals surface area contributed by atoms with Crippen molar-refractivity contribution in [1.29, 1.82) is 0 Å². The lowest BCUT2D eigenvalue weighted by Crippen LogP contribution is -2.41. The third kappa shape index (κ3) is 3.95. The zero-order valence-electron chi connectivity index (χ0n) is 13.6. The van der Waals surface area contributed by atoms with Gasteiger partial charge in [-0.3, -0.25) is 4.79 Å². The lowest BCUT2D eigenvalue weighted by Gasteiger charge is -2.23. The minimum atomic E-state index is -0.990. The molecule has 0 spiro atoms. The van der Waals surface area contributed by atoms with Crippen LogP contribution in [0.4, 0.5) is 10.5 Å². The fraction of sp³-hybridized carbons (Fsp3) is 0.167. The van der Waals surface area contributed by atoms with Crippen molar-refractivity contribution in [2.75, 3.05) is 11.9 Å². The number of carbonyl (C=O) groups is 2. The van der Waals surface area contributed by atoms with Crippen LogP contribution in [0.1, 0.15) is 5.56 Å². The second-order valence-electron chi connectivity index (χ2n) is 5.52. The molecule has 128 valence electrons. The van der Waals surface area contributed by atoms with Crippen molar-refractivity contribution in [3.8, 4) is 0 Å². The third-order valence-corrected chi connectivity index (χ3v) is 4.64. The Hall–Kier alpha value is -2.93. The van der Waals surface area contributed by atoms with Crippen LogP contribution in [0.3, 0.4) is 0 Å². The van der Waals surface area contributed by atoms with Gasteiger partial charge in [-0.15, -0.1) is 11.3 Å². The summed E-state index contributed by atoms with van der Waals surface area (Å²) in [7, 11) is 1.64. The number of hydrogen-bond donors (Lipinski definition) is 1. The molecule has 1 unspecified atom stereocenters. The van der Waals surface area contributed by atoms with Gasteiger partial charge in [0.1, 0.15) is 0 Å². The van der Waals surface area contributed by atoms with E-state index in [1.165, 1.54) is 16.2 Å². The maximum Gasteiger partial charge on any atom is 0.405 e. The fourth-order valence-electron chi connectivity index (χ4n) is 2.55. The molecule has 0 fully saturated rings. The van der Waals surface area contributed by atoms with Crippen LogP contribution in [0.5, 0.6) is 0 Å². The molecular weight excluding hydrogens is 338 g/mol. The van der Waals surface area contributed by atoms with Gasteiger partial charge in [0.05, 0.1) is 15.7 Å². The highest BCUT2D eigenvalue weighted by molar-refractivity contribution is 7.16. The second-order valence-corrected chi connectivity index (χ2v) is 6.40. The van der Waals surface area contributed by atoms with Gasteiger partial charge in [0.25, 0.3) is 5.91 Å². The highest BCUT2D eigenvalue weighted by Gasteiger charge is 2.26. The molecule has 3 aromatic rings. The van der Waals surface area contributed by atoms with E-state index < -0.39 is 12.2 Å². The van der Waals surface area contributed by atoms with Crippen LogP contribution in [-0.4, -0.2) is 30.1 Å². The Morgan fingerprint density at radius 1 is 1.24 bits per heavy atom. The summed E-state index contributed by atoms with van der Waals surface area (Å²) in [5.41, 5.74) is 9.27. The molecule has 0 radical (unpaired) electrons. The number of primary amides is 1. The quantitative estimate of drug-likeness (QED) is 0.762. The van der Waals surface area contributed by atoms with Gasteiger partial charge < -0.3 is 15.4 Å². The van der Waals surface area contributed by atoms with Gasteiger partial charge in [-0.05, 0) is 23.8 Å². The van der Waals surface area contributed by atoms with E-state index >= 15 is 0 Å². The summed E-state index contributed by atoms with van der Waals surface area (Å²) >= 11 is 1.53. The molecule has 3 rings (SSSR count). The average Bonchev–Trinajstić information content (AvgIpc) is 3.08. The number of nitrogens with two attached hydrogens (primary N) is 1.